The Balaban J connectivity index is 2.30. The van der Waals surface area contributed by atoms with Gasteiger partial charge in [0.25, 0.3) is 0 Å². The lowest BCUT2D eigenvalue weighted by Gasteiger charge is -2.53. The highest BCUT2D eigenvalue weighted by molar-refractivity contribution is 5.03. The average molecular weight is 257 g/mol. The van der Waals surface area contributed by atoms with Crippen LogP contribution in [0.15, 0.2) is 0 Å². The van der Waals surface area contributed by atoms with Gasteiger partial charge in [-0.05, 0) is 26.2 Å². The molecular formula is C15H31NO2. The molecule has 108 valence electrons. The molecule has 0 saturated heterocycles. The maximum atomic E-state index is 5.98. The molecule has 0 aromatic heterocycles. The summed E-state index contributed by atoms with van der Waals surface area (Å²) >= 11 is 0. The quantitative estimate of drug-likeness (QED) is 0.725. The van der Waals surface area contributed by atoms with Gasteiger partial charge in [-0.3, -0.25) is 0 Å². The fraction of sp³-hybridized carbons (Fsp3) is 1.00. The highest BCUT2D eigenvalue weighted by Gasteiger charge is 2.49. The first kappa shape index (κ1) is 15.9. The molecule has 1 aliphatic carbocycles. The highest BCUT2D eigenvalue weighted by atomic mass is 16.5. The van der Waals surface area contributed by atoms with E-state index in [9.17, 15) is 0 Å². The van der Waals surface area contributed by atoms with Crippen LogP contribution in [0.25, 0.3) is 0 Å². The Labute approximate surface area is 113 Å². The summed E-state index contributed by atoms with van der Waals surface area (Å²) in [5.74, 6) is 0.615. The molecule has 3 unspecified atom stereocenters. The minimum Gasteiger partial charge on any atom is -0.380 e. The van der Waals surface area contributed by atoms with E-state index in [0.717, 1.165) is 26.2 Å². The van der Waals surface area contributed by atoms with Crippen molar-refractivity contribution in [2.75, 3.05) is 19.8 Å². The van der Waals surface area contributed by atoms with Crippen molar-refractivity contribution in [2.24, 2.45) is 11.3 Å². The maximum absolute atomic E-state index is 5.98. The number of hydrogen-bond donors (Lipinski definition) is 1. The van der Waals surface area contributed by atoms with Crippen LogP contribution in [0.4, 0.5) is 0 Å². The number of hydrogen-bond acceptors (Lipinski definition) is 3. The molecule has 0 amide bonds. The van der Waals surface area contributed by atoms with Gasteiger partial charge in [-0.15, -0.1) is 0 Å². The molecule has 3 nitrogen and oxygen atoms in total. The van der Waals surface area contributed by atoms with Crippen molar-refractivity contribution < 1.29 is 9.47 Å². The van der Waals surface area contributed by atoms with Gasteiger partial charge in [0, 0.05) is 30.7 Å². The smallest absolute Gasteiger partial charge is 0.0656 e. The number of nitrogens with one attached hydrogen (secondary N) is 1. The van der Waals surface area contributed by atoms with Crippen molar-refractivity contribution >= 4 is 0 Å². The van der Waals surface area contributed by atoms with Gasteiger partial charge in [0.15, 0.2) is 0 Å². The van der Waals surface area contributed by atoms with Gasteiger partial charge in [-0.1, -0.05) is 27.7 Å². The third kappa shape index (κ3) is 4.22. The van der Waals surface area contributed by atoms with E-state index >= 15 is 0 Å². The van der Waals surface area contributed by atoms with Gasteiger partial charge < -0.3 is 14.8 Å². The van der Waals surface area contributed by atoms with Gasteiger partial charge in [0.2, 0.25) is 0 Å². The van der Waals surface area contributed by atoms with E-state index in [4.69, 9.17) is 9.47 Å². The van der Waals surface area contributed by atoms with Crippen LogP contribution >= 0.6 is 0 Å². The Morgan fingerprint density at radius 1 is 1.22 bits per heavy atom. The van der Waals surface area contributed by atoms with Crippen LogP contribution in [0.1, 0.15) is 48.0 Å². The van der Waals surface area contributed by atoms with Crippen LogP contribution in [0.5, 0.6) is 0 Å². The summed E-state index contributed by atoms with van der Waals surface area (Å²) in [6.07, 6.45) is 1.52. The molecule has 0 bridgehead atoms. The Bertz CT molecular complexity index is 241. The SMILES string of the molecule is CCOCC(C)NC1CC(OCC(C)C)C1(C)C. The topological polar surface area (TPSA) is 30.5 Å². The molecule has 0 aromatic rings. The summed E-state index contributed by atoms with van der Waals surface area (Å²) in [6, 6.07) is 0.963. The van der Waals surface area contributed by atoms with E-state index in [1.54, 1.807) is 0 Å². The van der Waals surface area contributed by atoms with Crippen LogP contribution < -0.4 is 5.32 Å². The maximum Gasteiger partial charge on any atom is 0.0656 e. The molecule has 0 spiro atoms. The molecule has 0 aromatic carbocycles. The summed E-state index contributed by atoms with van der Waals surface area (Å²) in [5.41, 5.74) is 0.232. The first-order valence-electron chi connectivity index (χ1n) is 7.33. The monoisotopic (exact) mass is 257 g/mol. The predicted octanol–water partition coefficient (Wildman–Crippen LogP) is 2.84. The fourth-order valence-corrected chi connectivity index (χ4v) is 2.45. The second kappa shape index (κ2) is 6.88. The molecule has 0 heterocycles. The van der Waals surface area contributed by atoms with E-state index in [2.05, 4.69) is 39.9 Å². The summed E-state index contributed by atoms with van der Waals surface area (Å²) in [5, 5.41) is 3.65. The van der Waals surface area contributed by atoms with Gasteiger partial charge in [-0.25, -0.2) is 0 Å². The Morgan fingerprint density at radius 2 is 1.89 bits per heavy atom. The van der Waals surface area contributed by atoms with Crippen molar-refractivity contribution in [3.63, 3.8) is 0 Å². The van der Waals surface area contributed by atoms with Gasteiger partial charge in [-0.2, -0.15) is 0 Å². The van der Waals surface area contributed by atoms with E-state index in [1.807, 2.05) is 6.92 Å². The first-order chi connectivity index (χ1) is 8.37. The number of ether oxygens (including phenoxy) is 2. The van der Waals surface area contributed by atoms with E-state index in [0.29, 0.717) is 24.1 Å². The van der Waals surface area contributed by atoms with Gasteiger partial charge in [0.05, 0.1) is 12.7 Å². The van der Waals surface area contributed by atoms with Gasteiger partial charge >= 0.3 is 0 Å². The minimum absolute atomic E-state index is 0.232. The first-order valence-corrected chi connectivity index (χ1v) is 7.33. The molecule has 1 N–H and O–H groups in total. The van der Waals surface area contributed by atoms with Crippen molar-refractivity contribution in [1.29, 1.82) is 0 Å². The van der Waals surface area contributed by atoms with Crippen LogP contribution in [-0.4, -0.2) is 38.0 Å². The van der Waals surface area contributed by atoms with Crippen LogP contribution in [0, 0.1) is 11.3 Å². The largest absolute Gasteiger partial charge is 0.380 e. The highest BCUT2D eigenvalue weighted by Crippen LogP contribution is 2.43. The molecule has 1 rings (SSSR count). The Morgan fingerprint density at radius 3 is 2.39 bits per heavy atom. The zero-order valence-corrected chi connectivity index (χ0v) is 13.0. The van der Waals surface area contributed by atoms with Crippen molar-refractivity contribution in [1.82, 2.24) is 5.32 Å². The predicted molar refractivity (Wildman–Crippen MR) is 75.9 cm³/mol. The van der Waals surface area contributed by atoms with Crippen LogP contribution in [0.2, 0.25) is 0 Å². The van der Waals surface area contributed by atoms with E-state index in [1.165, 1.54) is 0 Å². The van der Waals surface area contributed by atoms with Crippen molar-refractivity contribution in [2.45, 2.75) is 66.2 Å². The molecule has 0 aliphatic heterocycles. The van der Waals surface area contributed by atoms with Crippen LogP contribution in [-0.2, 0) is 9.47 Å². The molecule has 3 heteroatoms. The zero-order valence-electron chi connectivity index (χ0n) is 13.0. The summed E-state index contributed by atoms with van der Waals surface area (Å²) in [7, 11) is 0. The second-order valence-electron chi connectivity index (χ2n) is 6.55. The lowest BCUT2D eigenvalue weighted by atomic mass is 9.64. The lowest BCUT2D eigenvalue weighted by molar-refractivity contribution is -0.126. The molecular weight excluding hydrogens is 226 g/mol. The molecule has 18 heavy (non-hydrogen) atoms. The fourth-order valence-electron chi connectivity index (χ4n) is 2.45. The molecule has 0 radical (unpaired) electrons. The summed E-state index contributed by atoms with van der Waals surface area (Å²) < 4.78 is 11.4. The van der Waals surface area contributed by atoms with E-state index < -0.39 is 0 Å². The summed E-state index contributed by atoms with van der Waals surface area (Å²) in [4.78, 5) is 0. The third-order valence-electron chi connectivity index (χ3n) is 3.87. The average Bonchev–Trinajstić information content (AvgIpc) is 2.29. The molecule has 1 saturated carbocycles. The lowest BCUT2D eigenvalue weighted by Crippen LogP contribution is -2.63. The molecule has 3 atom stereocenters. The summed E-state index contributed by atoms with van der Waals surface area (Å²) in [6.45, 7) is 15.7. The van der Waals surface area contributed by atoms with E-state index in [-0.39, 0.29) is 5.41 Å². The van der Waals surface area contributed by atoms with Crippen LogP contribution in [0.3, 0.4) is 0 Å². The third-order valence-corrected chi connectivity index (χ3v) is 3.87. The molecule has 1 aliphatic rings. The van der Waals surface area contributed by atoms with Gasteiger partial charge in [0.1, 0.15) is 0 Å². The molecule has 1 fully saturated rings. The number of rotatable bonds is 8. The van der Waals surface area contributed by atoms with Crippen molar-refractivity contribution in [3.05, 3.63) is 0 Å². The Kier molecular flexibility index (Phi) is 6.09. The Hall–Kier alpha value is -0.120. The minimum atomic E-state index is 0.232. The van der Waals surface area contributed by atoms with Crippen molar-refractivity contribution in [3.8, 4) is 0 Å². The second-order valence-corrected chi connectivity index (χ2v) is 6.55. The normalized spacial score (nSPS) is 28.2. The zero-order chi connectivity index (χ0) is 13.8. The standard InChI is InChI=1S/C15H31NO2/c1-7-17-10-12(4)16-13-8-14(15(13,5)6)18-9-11(2)3/h11-14,16H,7-10H2,1-6H3.